The Morgan fingerprint density at radius 3 is 2.39 bits per heavy atom. The second-order valence-corrected chi connectivity index (χ2v) is 9.71. The van der Waals surface area contributed by atoms with Crippen LogP contribution in [0.5, 0.6) is 11.5 Å². The van der Waals surface area contributed by atoms with Crippen molar-refractivity contribution in [2.45, 2.75) is 57.7 Å². The molecule has 8 heteroatoms. The van der Waals surface area contributed by atoms with Gasteiger partial charge < -0.3 is 19.4 Å². The lowest BCUT2D eigenvalue weighted by Gasteiger charge is -2.19. The zero-order chi connectivity index (χ0) is 24.0. The normalized spacial score (nSPS) is 12.9. The number of rotatable bonds is 10. The van der Waals surface area contributed by atoms with E-state index in [1.807, 2.05) is 69.3 Å². The Morgan fingerprint density at radius 1 is 1.06 bits per heavy atom. The summed E-state index contributed by atoms with van der Waals surface area (Å²) < 4.78 is 13.4. The first-order chi connectivity index (χ1) is 15.8. The number of benzene rings is 2. The zero-order valence-corrected chi connectivity index (χ0v) is 20.8. The molecule has 7 nitrogen and oxygen atoms in total. The van der Waals surface area contributed by atoms with Crippen molar-refractivity contribution in [2.24, 2.45) is 5.92 Å². The summed E-state index contributed by atoms with van der Waals surface area (Å²) in [6, 6.07) is 15.2. The van der Waals surface area contributed by atoms with Crippen LogP contribution < -0.4 is 14.8 Å². The summed E-state index contributed by atoms with van der Waals surface area (Å²) in [6.07, 6.45) is -0.310. The monoisotopic (exact) mass is 468 g/mol. The van der Waals surface area contributed by atoms with Crippen LogP contribution in [0, 0.1) is 12.8 Å². The predicted octanol–water partition coefficient (Wildman–Crippen LogP) is 5.51. The summed E-state index contributed by atoms with van der Waals surface area (Å²) in [5, 5.41) is 12.2. The van der Waals surface area contributed by atoms with Crippen LogP contribution in [-0.4, -0.2) is 33.0 Å². The molecule has 0 saturated heterocycles. The first-order valence-corrected chi connectivity index (χ1v) is 11.9. The number of aryl methyl sites for hydroxylation is 1. The van der Waals surface area contributed by atoms with E-state index < -0.39 is 0 Å². The number of aromatic nitrogens is 3. The van der Waals surface area contributed by atoms with Crippen LogP contribution in [0.3, 0.4) is 0 Å². The van der Waals surface area contributed by atoms with Crippen LogP contribution in [0.4, 0.5) is 5.69 Å². The molecule has 0 spiro atoms. The molecule has 1 aromatic heterocycles. The topological polar surface area (TPSA) is 78.3 Å². The van der Waals surface area contributed by atoms with E-state index in [2.05, 4.69) is 33.9 Å². The van der Waals surface area contributed by atoms with E-state index in [0.717, 1.165) is 35.1 Å². The summed E-state index contributed by atoms with van der Waals surface area (Å²) >= 11 is 1.40. The molecule has 0 radical (unpaired) electrons. The minimum absolute atomic E-state index is 0.0752. The quantitative estimate of drug-likeness (QED) is 0.395. The maximum atomic E-state index is 12.8. The maximum absolute atomic E-state index is 12.8. The molecular weight excluding hydrogens is 436 g/mol. The number of amides is 1. The van der Waals surface area contributed by atoms with Crippen molar-refractivity contribution in [3.8, 4) is 11.5 Å². The van der Waals surface area contributed by atoms with Crippen molar-refractivity contribution in [3.05, 3.63) is 59.9 Å². The van der Waals surface area contributed by atoms with Gasteiger partial charge in [-0.05, 0) is 68.7 Å². The first kappa shape index (κ1) is 24.6. The molecule has 1 heterocycles. The third-order valence-electron chi connectivity index (χ3n) is 4.97. The fraction of sp³-hybridized carbons (Fsp3) is 0.400. The van der Waals surface area contributed by atoms with E-state index in [1.54, 1.807) is 7.11 Å². The number of anilines is 1. The fourth-order valence-corrected chi connectivity index (χ4v) is 4.18. The molecule has 0 saturated carbocycles. The molecule has 33 heavy (non-hydrogen) atoms. The third-order valence-corrected chi connectivity index (χ3v) is 6.05. The molecule has 2 aromatic carbocycles. The van der Waals surface area contributed by atoms with Gasteiger partial charge in [0.25, 0.3) is 0 Å². The van der Waals surface area contributed by atoms with Gasteiger partial charge in [-0.1, -0.05) is 37.7 Å². The number of thioether (sulfide) groups is 1. The molecule has 0 aliphatic rings. The summed E-state index contributed by atoms with van der Waals surface area (Å²) in [7, 11) is 1.63. The van der Waals surface area contributed by atoms with Crippen LogP contribution in [0.25, 0.3) is 0 Å². The second-order valence-electron chi connectivity index (χ2n) is 8.40. The van der Waals surface area contributed by atoms with Gasteiger partial charge in [0.2, 0.25) is 5.91 Å². The van der Waals surface area contributed by atoms with Gasteiger partial charge in [-0.15, -0.1) is 10.2 Å². The number of hydrogen-bond acceptors (Lipinski definition) is 6. The Bertz CT molecular complexity index is 1070. The maximum Gasteiger partial charge on any atom is 0.237 e. The number of carbonyl (C=O) groups excluding carboxylic acids is 1. The molecular formula is C25H32N4O3S. The molecule has 0 aliphatic heterocycles. The van der Waals surface area contributed by atoms with E-state index >= 15 is 0 Å². The van der Waals surface area contributed by atoms with Crippen molar-refractivity contribution in [1.29, 1.82) is 0 Å². The number of carbonyl (C=O) groups is 1. The SMILES string of the molecule is COc1ccc(OC(C)c2nnc(SC(C)C(=O)Nc3cccc(C)c3)n2CC(C)C)cc1. The van der Waals surface area contributed by atoms with Crippen molar-refractivity contribution in [3.63, 3.8) is 0 Å². The number of methoxy groups -OCH3 is 1. The Kier molecular flexibility index (Phi) is 8.38. The van der Waals surface area contributed by atoms with Crippen molar-refractivity contribution in [1.82, 2.24) is 14.8 Å². The molecule has 3 aromatic rings. The Labute approximate surface area is 199 Å². The highest BCUT2D eigenvalue weighted by Gasteiger charge is 2.24. The highest BCUT2D eigenvalue weighted by molar-refractivity contribution is 8.00. The van der Waals surface area contributed by atoms with Gasteiger partial charge in [-0.2, -0.15) is 0 Å². The summed E-state index contributed by atoms with van der Waals surface area (Å²) in [5.74, 6) is 2.53. The van der Waals surface area contributed by atoms with Crippen LogP contribution >= 0.6 is 11.8 Å². The first-order valence-electron chi connectivity index (χ1n) is 11.0. The highest BCUT2D eigenvalue weighted by atomic mass is 32.2. The Morgan fingerprint density at radius 2 is 1.76 bits per heavy atom. The van der Waals surface area contributed by atoms with Crippen molar-refractivity contribution >= 4 is 23.4 Å². The van der Waals surface area contributed by atoms with E-state index in [4.69, 9.17) is 9.47 Å². The van der Waals surface area contributed by atoms with Crippen LogP contribution in [0.2, 0.25) is 0 Å². The lowest BCUT2D eigenvalue weighted by Crippen LogP contribution is -2.23. The molecule has 0 fully saturated rings. The van der Waals surface area contributed by atoms with E-state index in [1.165, 1.54) is 11.8 Å². The van der Waals surface area contributed by atoms with E-state index in [0.29, 0.717) is 11.1 Å². The standard InChI is InChI=1S/C25H32N4O3S/c1-16(2)15-29-23(18(4)32-22-12-10-21(31-6)11-13-22)27-28-25(29)33-19(5)24(30)26-20-9-7-8-17(3)14-20/h7-14,16,18-19H,15H2,1-6H3,(H,26,30). The lowest BCUT2D eigenvalue weighted by molar-refractivity contribution is -0.115. The summed E-state index contributed by atoms with van der Waals surface area (Å²) in [6.45, 7) is 10.8. The molecule has 2 unspecified atom stereocenters. The Balaban J connectivity index is 1.74. The highest BCUT2D eigenvalue weighted by Crippen LogP contribution is 2.29. The average molecular weight is 469 g/mol. The van der Waals surface area contributed by atoms with Gasteiger partial charge in [0, 0.05) is 12.2 Å². The average Bonchev–Trinajstić information content (AvgIpc) is 3.15. The van der Waals surface area contributed by atoms with E-state index in [9.17, 15) is 4.79 Å². The second kappa shape index (κ2) is 11.2. The van der Waals surface area contributed by atoms with Crippen molar-refractivity contribution < 1.29 is 14.3 Å². The molecule has 2 atom stereocenters. The van der Waals surface area contributed by atoms with Gasteiger partial charge in [0.05, 0.1) is 12.4 Å². The van der Waals surface area contributed by atoms with Crippen LogP contribution in [-0.2, 0) is 11.3 Å². The zero-order valence-electron chi connectivity index (χ0n) is 20.0. The minimum atomic E-state index is -0.341. The molecule has 1 amide bonds. The van der Waals surface area contributed by atoms with Gasteiger partial charge in [-0.3, -0.25) is 4.79 Å². The molecule has 1 N–H and O–H groups in total. The molecule has 0 aliphatic carbocycles. The van der Waals surface area contributed by atoms with Crippen molar-refractivity contribution in [2.75, 3.05) is 12.4 Å². The number of hydrogen-bond donors (Lipinski definition) is 1. The summed E-state index contributed by atoms with van der Waals surface area (Å²) in [4.78, 5) is 12.8. The van der Waals surface area contributed by atoms with Gasteiger partial charge in [-0.25, -0.2) is 0 Å². The van der Waals surface area contributed by atoms with Gasteiger partial charge in [0.1, 0.15) is 11.5 Å². The Hall–Kier alpha value is -3.00. The van der Waals surface area contributed by atoms with Gasteiger partial charge in [0.15, 0.2) is 17.1 Å². The molecule has 176 valence electrons. The largest absolute Gasteiger partial charge is 0.497 e. The van der Waals surface area contributed by atoms with E-state index in [-0.39, 0.29) is 17.3 Å². The third kappa shape index (κ3) is 6.74. The summed E-state index contributed by atoms with van der Waals surface area (Å²) in [5.41, 5.74) is 1.89. The molecule has 0 bridgehead atoms. The number of nitrogens with one attached hydrogen (secondary N) is 1. The lowest BCUT2D eigenvalue weighted by atomic mass is 10.2. The smallest absolute Gasteiger partial charge is 0.237 e. The van der Waals surface area contributed by atoms with Gasteiger partial charge >= 0.3 is 0 Å². The van der Waals surface area contributed by atoms with Crippen LogP contribution in [0.1, 0.15) is 45.2 Å². The minimum Gasteiger partial charge on any atom is -0.497 e. The van der Waals surface area contributed by atoms with Crippen LogP contribution in [0.15, 0.2) is 53.7 Å². The number of ether oxygens (including phenoxy) is 2. The fourth-order valence-electron chi connectivity index (χ4n) is 3.31. The molecule has 3 rings (SSSR count). The number of nitrogens with zero attached hydrogens (tertiary/aromatic N) is 3. The predicted molar refractivity (Wildman–Crippen MR) is 132 cm³/mol.